The number of aryl methyl sites for hydroxylation is 1. The summed E-state index contributed by atoms with van der Waals surface area (Å²) >= 11 is 0. The monoisotopic (exact) mass is 233 g/mol. The Kier molecular flexibility index (Phi) is 3.85. The summed E-state index contributed by atoms with van der Waals surface area (Å²) < 4.78 is 0. The molecule has 0 saturated carbocycles. The maximum Gasteiger partial charge on any atom is 0.0628 e. The van der Waals surface area contributed by atoms with Gasteiger partial charge in [-0.1, -0.05) is 12.1 Å². The molecule has 0 amide bonds. The molecule has 1 heterocycles. The number of likely N-dealkylation sites (tertiary alicyclic amines) is 1. The molecule has 0 spiro atoms. The Labute approximate surface area is 104 Å². The van der Waals surface area contributed by atoms with Gasteiger partial charge in [-0.25, -0.2) is 0 Å². The molecule has 0 bridgehead atoms. The highest BCUT2D eigenvalue weighted by molar-refractivity contribution is 5.40. The summed E-state index contributed by atoms with van der Waals surface area (Å²) in [5.41, 5.74) is 5.35. The van der Waals surface area contributed by atoms with Crippen LogP contribution in [0.3, 0.4) is 0 Å². The Hall–Kier alpha value is -0.860. The second-order valence-electron chi connectivity index (χ2n) is 5.16. The summed E-state index contributed by atoms with van der Waals surface area (Å²) in [4.78, 5) is 2.41. The lowest BCUT2D eigenvalue weighted by Crippen LogP contribution is -2.29. The first-order chi connectivity index (χ1) is 8.15. The third-order valence-corrected chi connectivity index (χ3v) is 4.21. The van der Waals surface area contributed by atoms with Crippen molar-refractivity contribution in [1.82, 2.24) is 4.90 Å². The molecule has 1 aromatic rings. The van der Waals surface area contributed by atoms with Crippen molar-refractivity contribution in [2.45, 2.75) is 39.7 Å². The van der Waals surface area contributed by atoms with Gasteiger partial charge < -0.3 is 5.11 Å². The highest BCUT2D eigenvalue weighted by Crippen LogP contribution is 2.29. The van der Waals surface area contributed by atoms with Crippen LogP contribution in [0.5, 0.6) is 0 Å². The highest BCUT2D eigenvalue weighted by Gasteiger charge is 2.24. The molecule has 0 aliphatic carbocycles. The summed E-state index contributed by atoms with van der Waals surface area (Å²) in [6.07, 6.45) is 2.53. The molecule has 0 radical (unpaired) electrons. The third-order valence-electron chi connectivity index (χ3n) is 4.21. The van der Waals surface area contributed by atoms with Crippen LogP contribution >= 0.6 is 0 Å². The summed E-state index contributed by atoms with van der Waals surface area (Å²) in [6.45, 7) is 8.97. The van der Waals surface area contributed by atoms with Crippen molar-refractivity contribution < 1.29 is 5.11 Å². The van der Waals surface area contributed by atoms with E-state index in [1.54, 1.807) is 0 Å². The minimum absolute atomic E-state index is 0.191. The summed E-state index contributed by atoms with van der Waals surface area (Å²) in [5.74, 6) is 0. The second kappa shape index (κ2) is 5.19. The van der Waals surface area contributed by atoms with E-state index in [4.69, 9.17) is 0 Å². The number of nitrogens with zero attached hydrogens (tertiary/aromatic N) is 1. The molecular formula is C15H23NO. The van der Waals surface area contributed by atoms with E-state index in [0.717, 1.165) is 13.1 Å². The van der Waals surface area contributed by atoms with E-state index in [9.17, 15) is 5.11 Å². The normalized spacial score (nSPS) is 18.6. The van der Waals surface area contributed by atoms with Crippen LogP contribution < -0.4 is 0 Å². The average Bonchev–Trinajstić information content (AvgIpc) is 2.84. The van der Waals surface area contributed by atoms with E-state index in [2.05, 4.69) is 37.8 Å². The van der Waals surface area contributed by atoms with Gasteiger partial charge in [0, 0.05) is 0 Å². The van der Waals surface area contributed by atoms with E-state index in [0.29, 0.717) is 0 Å². The van der Waals surface area contributed by atoms with Crippen LogP contribution in [-0.2, 0) is 0 Å². The Bertz CT molecular complexity index is 394. The molecule has 1 fully saturated rings. The lowest BCUT2D eigenvalue weighted by atomic mass is 9.94. The van der Waals surface area contributed by atoms with E-state index in [1.807, 2.05) is 0 Å². The predicted octanol–water partition coefficient (Wildman–Crippen LogP) is 2.74. The largest absolute Gasteiger partial charge is 0.394 e. The molecule has 2 rings (SSSR count). The molecule has 1 atom stereocenters. The number of hydrogen-bond donors (Lipinski definition) is 1. The van der Waals surface area contributed by atoms with Crippen molar-refractivity contribution in [2.24, 2.45) is 0 Å². The molecule has 1 saturated heterocycles. The van der Waals surface area contributed by atoms with Gasteiger partial charge in [-0.2, -0.15) is 0 Å². The minimum Gasteiger partial charge on any atom is -0.394 e. The van der Waals surface area contributed by atoms with Crippen molar-refractivity contribution in [3.05, 3.63) is 34.4 Å². The fourth-order valence-electron chi connectivity index (χ4n) is 2.80. The number of hydrogen-bond acceptors (Lipinski definition) is 2. The first kappa shape index (κ1) is 12.6. The predicted molar refractivity (Wildman–Crippen MR) is 71.3 cm³/mol. The first-order valence-electron chi connectivity index (χ1n) is 6.56. The van der Waals surface area contributed by atoms with Crippen LogP contribution in [-0.4, -0.2) is 29.7 Å². The van der Waals surface area contributed by atoms with Crippen molar-refractivity contribution >= 4 is 0 Å². The van der Waals surface area contributed by atoms with Crippen molar-refractivity contribution in [2.75, 3.05) is 19.7 Å². The van der Waals surface area contributed by atoms with E-state index in [1.165, 1.54) is 35.1 Å². The van der Waals surface area contributed by atoms with Gasteiger partial charge in [0.1, 0.15) is 0 Å². The summed E-state index contributed by atoms with van der Waals surface area (Å²) in [6, 6.07) is 4.56. The van der Waals surface area contributed by atoms with E-state index < -0.39 is 0 Å². The van der Waals surface area contributed by atoms with Gasteiger partial charge in [0.25, 0.3) is 0 Å². The van der Waals surface area contributed by atoms with E-state index >= 15 is 0 Å². The topological polar surface area (TPSA) is 23.5 Å². The van der Waals surface area contributed by atoms with Crippen LogP contribution in [0.15, 0.2) is 12.1 Å². The third kappa shape index (κ3) is 2.38. The zero-order valence-electron chi connectivity index (χ0n) is 11.2. The Morgan fingerprint density at radius 1 is 1.12 bits per heavy atom. The minimum atomic E-state index is 0.191. The van der Waals surface area contributed by atoms with Crippen LogP contribution in [0.25, 0.3) is 0 Å². The van der Waals surface area contributed by atoms with Gasteiger partial charge in [-0.05, 0) is 69.0 Å². The zero-order valence-corrected chi connectivity index (χ0v) is 11.2. The molecule has 0 aromatic heterocycles. The molecule has 2 nitrogen and oxygen atoms in total. The van der Waals surface area contributed by atoms with Gasteiger partial charge >= 0.3 is 0 Å². The lowest BCUT2D eigenvalue weighted by molar-refractivity contribution is 0.146. The van der Waals surface area contributed by atoms with Gasteiger partial charge in [0.2, 0.25) is 0 Å². The maximum absolute atomic E-state index is 9.68. The van der Waals surface area contributed by atoms with Crippen molar-refractivity contribution in [1.29, 1.82) is 0 Å². The average molecular weight is 233 g/mol. The molecule has 1 unspecified atom stereocenters. The molecular weight excluding hydrogens is 210 g/mol. The van der Waals surface area contributed by atoms with E-state index in [-0.39, 0.29) is 12.6 Å². The fourth-order valence-corrected chi connectivity index (χ4v) is 2.80. The van der Waals surface area contributed by atoms with Crippen molar-refractivity contribution in [3.8, 4) is 0 Å². The smallest absolute Gasteiger partial charge is 0.0628 e. The molecule has 2 heteroatoms. The molecule has 1 aromatic carbocycles. The molecule has 1 aliphatic heterocycles. The van der Waals surface area contributed by atoms with Crippen LogP contribution in [0, 0.1) is 20.8 Å². The van der Waals surface area contributed by atoms with Crippen LogP contribution in [0.2, 0.25) is 0 Å². The van der Waals surface area contributed by atoms with Crippen LogP contribution in [0.4, 0.5) is 0 Å². The molecule has 17 heavy (non-hydrogen) atoms. The molecule has 1 aliphatic rings. The van der Waals surface area contributed by atoms with Gasteiger partial charge in [-0.15, -0.1) is 0 Å². The Morgan fingerprint density at radius 3 is 2.35 bits per heavy atom. The second-order valence-corrected chi connectivity index (χ2v) is 5.16. The first-order valence-corrected chi connectivity index (χ1v) is 6.56. The standard InChI is InChI=1S/C15H23NO/c1-11-6-7-14(13(3)12(11)2)15(10-17)16-8-4-5-9-16/h6-7,15,17H,4-5,8-10H2,1-3H3. The number of rotatable bonds is 3. The number of aliphatic hydroxyl groups excluding tert-OH is 1. The summed E-state index contributed by atoms with van der Waals surface area (Å²) in [7, 11) is 0. The summed E-state index contributed by atoms with van der Waals surface area (Å²) in [5, 5.41) is 9.68. The Morgan fingerprint density at radius 2 is 1.76 bits per heavy atom. The fraction of sp³-hybridized carbons (Fsp3) is 0.600. The van der Waals surface area contributed by atoms with Crippen LogP contribution in [0.1, 0.15) is 41.1 Å². The van der Waals surface area contributed by atoms with Crippen molar-refractivity contribution in [3.63, 3.8) is 0 Å². The van der Waals surface area contributed by atoms with Gasteiger partial charge in [0.15, 0.2) is 0 Å². The maximum atomic E-state index is 9.68. The highest BCUT2D eigenvalue weighted by atomic mass is 16.3. The molecule has 1 N–H and O–H groups in total. The lowest BCUT2D eigenvalue weighted by Gasteiger charge is -2.28. The van der Waals surface area contributed by atoms with Gasteiger partial charge in [0.05, 0.1) is 12.6 Å². The number of benzene rings is 1. The Balaban J connectivity index is 2.33. The van der Waals surface area contributed by atoms with Gasteiger partial charge in [-0.3, -0.25) is 4.90 Å². The quantitative estimate of drug-likeness (QED) is 0.867. The SMILES string of the molecule is Cc1ccc(C(CO)N2CCCC2)c(C)c1C. The number of aliphatic hydroxyl groups is 1. The zero-order chi connectivity index (χ0) is 12.4. The molecule has 94 valence electrons.